The van der Waals surface area contributed by atoms with Gasteiger partial charge in [-0.3, -0.25) is 4.79 Å². The molecule has 0 radical (unpaired) electrons. The molecule has 8 heteroatoms. The number of aliphatic hydroxyl groups excluding tert-OH is 1. The Morgan fingerprint density at radius 1 is 0.969 bits per heavy atom. The largest absolute Gasteiger partial charge is 0.397 e. The summed E-state index contributed by atoms with van der Waals surface area (Å²) in [7, 11) is 3.05. The predicted molar refractivity (Wildman–Crippen MR) is 135 cm³/mol. The minimum Gasteiger partial charge on any atom is -0.397 e. The van der Waals surface area contributed by atoms with Crippen LogP contribution in [0.2, 0.25) is 0 Å². The van der Waals surface area contributed by atoms with Crippen LogP contribution in [0, 0.1) is 11.3 Å². The predicted octanol–water partition coefficient (Wildman–Crippen LogP) is 6.30. The first-order valence-electron chi connectivity index (χ1n) is 9.82. The van der Waals surface area contributed by atoms with Crippen LogP contribution < -0.4 is 0 Å². The van der Waals surface area contributed by atoms with Gasteiger partial charge in [-0.25, -0.2) is 0 Å². The minimum atomic E-state index is -1.26. The zero-order valence-corrected chi connectivity index (χ0v) is 21.4. The van der Waals surface area contributed by atoms with E-state index in [2.05, 4.69) is 40.7 Å². The van der Waals surface area contributed by atoms with E-state index in [0.29, 0.717) is 13.0 Å². The Bertz CT molecular complexity index is 660. The van der Waals surface area contributed by atoms with Crippen molar-refractivity contribution >= 4 is 41.1 Å². The second-order valence-electron chi connectivity index (χ2n) is 5.63. The second-order valence-corrected chi connectivity index (χ2v) is 8.15. The normalized spacial score (nSPS) is 8.97. The van der Waals surface area contributed by atoms with Gasteiger partial charge in [0.15, 0.2) is 0 Å². The first-order valence-corrected chi connectivity index (χ1v) is 11.0. The molecule has 0 saturated carbocycles. The van der Waals surface area contributed by atoms with Crippen molar-refractivity contribution in [2.24, 2.45) is 0 Å². The van der Waals surface area contributed by atoms with Crippen molar-refractivity contribution in [1.82, 2.24) is 0 Å². The molecular weight excluding hydrogens is 473 g/mol. The Morgan fingerprint density at radius 3 is 1.62 bits per heavy atom. The molecule has 0 amide bonds. The summed E-state index contributed by atoms with van der Waals surface area (Å²) in [6.45, 7) is 4.78. The number of aldehydes is 1. The maximum atomic E-state index is 10.0. The number of methoxy groups -OCH3 is 2. The number of aliphatic hydroxyl groups is 1. The number of halogens is 3. The molecule has 2 aromatic rings. The summed E-state index contributed by atoms with van der Waals surface area (Å²) in [5, 5.41) is 15.4. The van der Waals surface area contributed by atoms with Crippen LogP contribution in [0.5, 0.6) is 0 Å². The molecule has 1 N–H and O–H groups in total. The van der Waals surface area contributed by atoms with E-state index in [1.807, 2.05) is 30.3 Å². The molecule has 0 unspecified atom stereocenters. The summed E-state index contributed by atoms with van der Waals surface area (Å²) in [6, 6.07) is 21.5. The second kappa shape index (κ2) is 27.4. The van der Waals surface area contributed by atoms with E-state index in [4.69, 9.17) is 45.2 Å². The van der Waals surface area contributed by atoms with Gasteiger partial charge in [-0.2, -0.15) is 5.26 Å². The third-order valence-electron chi connectivity index (χ3n) is 2.91. The quantitative estimate of drug-likeness (QED) is 0.292. The highest BCUT2D eigenvalue weighted by Gasteiger charge is 2.17. The first kappa shape index (κ1) is 35.0. The highest BCUT2D eigenvalue weighted by molar-refractivity contribution is 6.67. The van der Waals surface area contributed by atoms with Crippen molar-refractivity contribution in [3.8, 4) is 6.07 Å². The molecule has 0 fully saturated rings. The molecule has 0 aromatic heterocycles. The summed E-state index contributed by atoms with van der Waals surface area (Å²) in [4.78, 5) is 10.0. The lowest BCUT2D eigenvalue weighted by molar-refractivity contribution is 0.112. The van der Waals surface area contributed by atoms with Crippen LogP contribution in [-0.2, 0) is 15.9 Å². The molecular formula is C24H34Cl3NO4. The van der Waals surface area contributed by atoms with Crippen molar-refractivity contribution in [3.05, 3.63) is 71.8 Å². The Hall–Kier alpha value is -1.65. The van der Waals surface area contributed by atoms with Gasteiger partial charge in [0.2, 0.25) is 3.79 Å². The lowest BCUT2D eigenvalue weighted by Crippen LogP contribution is -2.10. The number of nitriles is 1. The molecule has 5 nitrogen and oxygen atoms in total. The zero-order chi connectivity index (χ0) is 25.1. The highest BCUT2D eigenvalue weighted by atomic mass is 35.6. The van der Waals surface area contributed by atoms with E-state index in [-0.39, 0.29) is 13.2 Å². The van der Waals surface area contributed by atoms with Gasteiger partial charge in [-0.05, 0) is 18.9 Å². The maximum absolute atomic E-state index is 10.0. The molecule has 0 aliphatic carbocycles. The zero-order valence-electron chi connectivity index (χ0n) is 19.1. The fourth-order valence-electron chi connectivity index (χ4n) is 1.56. The van der Waals surface area contributed by atoms with Crippen LogP contribution >= 0.6 is 34.8 Å². The topological polar surface area (TPSA) is 79.5 Å². The lowest BCUT2D eigenvalue weighted by Gasteiger charge is -2.06. The van der Waals surface area contributed by atoms with Gasteiger partial charge in [0.25, 0.3) is 0 Å². The van der Waals surface area contributed by atoms with E-state index in [1.54, 1.807) is 26.2 Å². The fourth-order valence-corrected chi connectivity index (χ4v) is 1.88. The molecule has 0 aliphatic rings. The number of carbonyl (C=O) groups is 1. The van der Waals surface area contributed by atoms with E-state index >= 15 is 0 Å². The van der Waals surface area contributed by atoms with Crippen LogP contribution in [0.25, 0.3) is 0 Å². The van der Waals surface area contributed by atoms with Gasteiger partial charge in [0.1, 0.15) is 6.29 Å². The molecule has 32 heavy (non-hydrogen) atoms. The maximum Gasteiger partial charge on any atom is 0.213 e. The number of benzene rings is 2. The number of ether oxygens (including phenoxy) is 2. The molecule has 0 aliphatic heterocycles. The number of aryl methyl sites for hydroxylation is 1. The molecule has 2 aromatic carbocycles. The van der Waals surface area contributed by atoms with Crippen molar-refractivity contribution in [3.63, 3.8) is 0 Å². The van der Waals surface area contributed by atoms with Crippen molar-refractivity contribution < 1.29 is 19.4 Å². The monoisotopic (exact) mass is 505 g/mol. The smallest absolute Gasteiger partial charge is 0.213 e. The van der Waals surface area contributed by atoms with Crippen LogP contribution in [0.1, 0.15) is 36.2 Å². The Labute approximate surface area is 207 Å². The van der Waals surface area contributed by atoms with Crippen LogP contribution in [0.3, 0.4) is 0 Å². The van der Waals surface area contributed by atoms with Gasteiger partial charge in [0, 0.05) is 26.4 Å². The van der Waals surface area contributed by atoms with Crippen molar-refractivity contribution in [2.75, 3.05) is 34.0 Å². The van der Waals surface area contributed by atoms with E-state index in [9.17, 15) is 4.79 Å². The molecule has 0 bridgehead atoms. The van der Waals surface area contributed by atoms with Gasteiger partial charge in [0.05, 0.1) is 25.7 Å². The van der Waals surface area contributed by atoms with Gasteiger partial charge >= 0.3 is 0 Å². The average molecular weight is 507 g/mol. The average Bonchev–Trinajstić information content (AvgIpc) is 2.80. The standard InChI is InChI=1S/C8H10.C7H6O.C4H7NO.C3H5Cl3O.C2H6O/c1-2-8-6-4-3-5-7-8;8-6-7-4-2-1-3-5-7;1-6-4-2-3-5;1-7-2-3(4,5)6;1-2-3/h3-7H,2H2,1H3;1-6H;2,4H2,1H3;2H2,1H3;3H,2H2,1H3. The fraction of sp³-hybridized carbons (Fsp3) is 0.417. The SMILES string of the molecule is CCO.CCc1ccccc1.COCC(Cl)(Cl)Cl.COCCC#N.O=Cc1ccccc1. The van der Waals surface area contributed by atoms with Gasteiger partial charge < -0.3 is 14.6 Å². The Balaban J connectivity index is -0.000000339. The summed E-state index contributed by atoms with van der Waals surface area (Å²) in [5.74, 6) is 0. The number of alkyl halides is 3. The Kier molecular flexibility index (Phi) is 29.9. The van der Waals surface area contributed by atoms with Crippen LogP contribution in [0.15, 0.2) is 60.7 Å². The minimum absolute atomic E-state index is 0.137. The van der Waals surface area contributed by atoms with Crippen LogP contribution in [-0.4, -0.2) is 49.2 Å². The van der Waals surface area contributed by atoms with Crippen molar-refractivity contribution in [1.29, 1.82) is 5.26 Å². The molecule has 0 heterocycles. The van der Waals surface area contributed by atoms with Gasteiger partial charge in [-0.15, -0.1) is 0 Å². The summed E-state index contributed by atoms with van der Waals surface area (Å²) in [5.41, 5.74) is 2.14. The summed E-state index contributed by atoms with van der Waals surface area (Å²) >= 11 is 15.7. The number of rotatable bonds is 5. The number of carbonyl (C=O) groups excluding carboxylic acids is 1. The van der Waals surface area contributed by atoms with E-state index < -0.39 is 3.79 Å². The lowest BCUT2D eigenvalue weighted by atomic mass is 10.2. The summed E-state index contributed by atoms with van der Waals surface area (Å²) in [6.07, 6.45) is 2.47. The molecule has 0 atom stereocenters. The Morgan fingerprint density at radius 2 is 1.44 bits per heavy atom. The molecule has 2 rings (SSSR count). The van der Waals surface area contributed by atoms with Crippen LogP contribution in [0.4, 0.5) is 0 Å². The first-order chi connectivity index (χ1) is 15.3. The van der Waals surface area contributed by atoms with E-state index in [0.717, 1.165) is 18.3 Å². The van der Waals surface area contributed by atoms with E-state index in [1.165, 1.54) is 12.7 Å². The number of nitrogens with zero attached hydrogens (tertiary/aromatic N) is 1. The molecule has 0 spiro atoms. The molecule has 0 saturated heterocycles. The van der Waals surface area contributed by atoms with Crippen molar-refractivity contribution in [2.45, 2.75) is 30.5 Å². The number of hydrogen-bond donors (Lipinski definition) is 1. The molecule has 180 valence electrons. The number of hydrogen-bond acceptors (Lipinski definition) is 5. The van der Waals surface area contributed by atoms with Gasteiger partial charge in [-0.1, -0.05) is 102 Å². The third-order valence-corrected chi connectivity index (χ3v) is 3.24. The highest BCUT2D eigenvalue weighted by Crippen LogP contribution is 2.25. The summed E-state index contributed by atoms with van der Waals surface area (Å²) < 4.78 is 7.81. The third kappa shape index (κ3) is 33.0.